The Labute approximate surface area is 165 Å². The summed E-state index contributed by atoms with van der Waals surface area (Å²) in [5.41, 5.74) is 0.242. The van der Waals surface area contributed by atoms with E-state index in [1.165, 1.54) is 29.6 Å². The van der Waals surface area contributed by atoms with Crippen LogP contribution >= 0.6 is 0 Å². The van der Waals surface area contributed by atoms with Crippen LogP contribution in [0.3, 0.4) is 0 Å². The highest BCUT2D eigenvalue weighted by atomic mass is 32.2. The second kappa shape index (κ2) is 9.85. The van der Waals surface area contributed by atoms with Gasteiger partial charge in [-0.15, -0.1) is 0 Å². The summed E-state index contributed by atoms with van der Waals surface area (Å²) in [5.74, 6) is -0.557. The number of nitrogens with zero attached hydrogens (tertiary/aromatic N) is 2. The number of carbonyl (C=O) groups excluding carboxylic acids is 2. The summed E-state index contributed by atoms with van der Waals surface area (Å²) in [5, 5.41) is 2.62. The third kappa shape index (κ3) is 5.66. The Morgan fingerprint density at radius 2 is 1.82 bits per heavy atom. The molecule has 0 aliphatic carbocycles. The minimum atomic E-state index is -3.68. The summed E-state index contributed by atoms with van der Waals surface area (Å²) >= 11 is 0. The Hall–Kier alpha value is -2.17. The molecule has 156 valence electrons. The summed E-state index contributed by atoms with van der Waals surface area (Å²) in [6, 6.07) is 4.35. The summed E-state index contributed by atoms with van der Waals surface area (Å²) in [7, 11) is -0.302. The van der Waals surface area contributed by atoms with Crippen molar-refractivity contribution in [1.82, 2.24) is 9.21 Å². The quantitative estimate of drug-likeness (QED) is 0.632. The molecule has 1 aromatic carbocycles. The molecule has 28 heavy (non-hydrogen) atoms. The van der Waals surface area contributed by atoms with Crippen LogP contribution in [0.25, 0.3) is 0 Å². The smallest absolute Gasteiger partial charge is 0.306 e. The molecule has 0 spiro atoms. The van der Waals surface area contributed by atoms with Crippen LogP contribution in [0, 0.1) is 0 Å². The van der Waals surface area contributed by atoms with Crippen LogP contribution in [0.5, 0.6) is 5.75 Å². The van der Waals surface area contributed by atoms with Crippen LogP contribution in [0.15, 0.2) is 23.1 Å². The first-order chi connectivity index (χ1) is 13.3. The zero-order valence-corrected chi connectivity index (χ0v) is 17.3. The molecule has 10 heteroatoms. The number of likely N-dealkylation sites (N-methyl/N-ethyl adjacent to an activating group) is 1. The minimum absolute atomic E-state index is 0.0543. The molecule has 1 aliphatic heterocycles. The number of methoxy groups -OCH3 is 1. The van der Waals surface area contributed by atoms with Gasteiger partial charge in [0.25, 0.3) is 0 Å². The van der Waals surface area contributed by atoms with E-state index in [-0.39, 0.29) is 30.0 Å². The third-order valence-corrected chi connectivity index (χ3v) is 6.30. The predicted octanol–water partition coefficient (Wildman–Crippen LogP) is 0.913. The van der Waals surface area contributed by atoms with Gasteiger partial charge in [0, 0.05) is 32.6 Å². The fraction of sp³-hybridized carbons (Fsp3) is 0.556. The minimum Gasteiger partial charge on any atom is -0.495 e. The van der Waals surface area contributed by atoms with Crippen molar-refractivity contribution < 1.29 is 27.5 Å². The molecule has 1 fully saturated rings. The number of anilines is 1. The van der Waals surface area contributed by atoms with Crippen molar-refractivity contribution >= 4 is 27.6 Å². The second-order valence-electron chi connectivity index (χ2n) is 6.42. The Balaban J connectivity index is 2.14. The molecule has 1 aromatic rings. The van der Waals surface area contributed by atoms with E-state index in [0.717, 1.165) is 0 Å². The first-order valence-electron chi connectivity index (χ1n) is 9.10. The topological polar surface area (TPSA) is 105 Å². The lowest BCUT2D eigenvalue weighted by Gasteiger charge is -2.31. The number of nitrogens with one attached hydrogen (secondary N) is 1. The van der Waals surface area contributed by atoms with E-state index >= 15 is 0 Å². The van der Waals surface area contributed by atoms with Crippen LogP contribution in [-0.4, -0.2) is 76.4 Å². The van der Waals surface area contributed by atoms with Crippen molar-refractivity contribution in [3.63, 3.8) is 0 Å². The molecule has 1 heterocycles. The zero-order valence-electron chi connectivity index (χ0n) is 16.4. The fourth-order valence-electron chi connectivity index (χ4n) is 2.78. The van der Waals surface area contributed by atoms with Gasteiger partial charge < -0.3 is 19.7 Å². The Morgan fingerprint density at radius 1 is 1.14 bits per heavy atom. The molecule has 1 aliphatic rings. The highest BCUT2D eigenvalue weighted by Crippen LogP contribution is 2.29. The van der Waals surface area contributed by atoms with Gasteiger partial charge in [0.05, 0.1) is 30.7 Å². The summed E-state index contributed by atoms with van der Waals surface area (Å²) in [6.07, 6.45) is -0.126. The number of amides is 1. The zero-order chi connectivity index (χ0) is 20.7. The molecule has 1 saturated heterocycles. The standard InChI is InChI=1S/C18H27N3O6S/c1-4-27-18(23)8-7-17(22)19-15-13-14(5-6-16(15)26-3)28(24,25)21-11-9-20(2)10-12-21/h5-6,13H,4,7-12H2,1-3H3,(H,19,22). The fourth-order valence-corrected chi connectivity index (χ4v) is 4.23. The molecule has 9 nitrogen and oxygen atoms in total. The Kier molecular flexibility index (Phi) is 7.78. The van der Waals surface area contributed by atoms with Crippen LogP contribution in [0.2, 0.25) is 0 Å². The average Bonchev–Trinajstić information content (AvgIpc) is 2.67. The molecule has 0 unspecified atom stereocenters. The van der Waals surface area contributed by atoms with E-state index in [1.54, 1.807) is 6.92 Å². The number of hydrogen-bond donors (Lipinski definition) is 1. The van der Waals surface area contributed by atoms with Gasteiger partial charge in [0.15, 0.2) is 0 Å². The number of hydrogen-bond acceptors (Lipinski definition) is 7. The lowest BCUT2D eigenvalue weighted by Crippen LogP contribution is -2.47. The molecule has 0 aromatic heterocycles. The van der Waals surface area contributed by atoms with Gasteiger partial charge >= 0.3 is 5.97 Å². The number of esters is 1. The van der Waals surface area contributed by atoms with Gasteiger partial charge in [-0.3, -0.25) is 9.59 Å². The SMILES string of the molecule is CCOC(=O)CCC(=O)Nc1cc(S(=O)(=O)N2CCN(C)CC2)ccc1OC. The molecule has 0 saturated carbocycles. The van der Waals surface area contributed by atoms with E-state index in [1.807, 2.05) is 7.05 Å². The molecule has 1 N–H and O–H groups in total. The van der Waals surface area contributed by atoms with E-state index in [2.05, 4.69) is 10.2 Å². The molecule has 0 bridgehead atoms. The second-order valence-corrected chi connectivity index (χ2v) is 8.36. The van der Waals surface area contributed by atoms with E-state index in [9.17, 15) is 18.0 Å². The third-order valence-electron chi connectivity index (χ3n) is 4.41. The van der Waals surface area contributed by atoms with Crippen molar-refractivity contribution in [2.75, 3.05) is 52.3 Å². The van der Waals surface area contributed by atoms with Crippen LogP contribution < -0.4 is 10.1 Å². The maximum Gasteiger partial charge on any atom is 0.306 e. The normalized spacial score (nSPS) is 15.8. The molecular weight excluding hydrogens is 386 g/mol. The van der Waals surface area contributed by atoms with Crippen molar-refractivity contribution in [3.05, 3.63) is 18.2 Å². The van der Waals surface area contributed by atoms with Gasteiger partial charge in [-0.25, -0.2) is 8.42 Å². The number of ether oxygens (including phenoxy) is 2. The maximum atomic E-state index is 12.9. The monoisotopic (exact) mass is 413 g/mol. The summed E-state index contributed by atoms with van der Waals surface area (Å²) < 4.78 is 37.3. The molecule has 1 amide bonds. The Morgan fingerprint density at radius 3 is 2.43 bits per heavy atom. The van der Waals surface area contributed by atoms with Crippen molar-refractivity contribution in [3.8, 4) is 5.75 Å². The Bertz CT molecular complexity index is 804. The van der Waals surface area contributed by atoms with Crippen molar-refractivity contribution in [1.29, 1.82) is 0 Å². The first kappa shape index (κ1) is 22.1. The van der Waals surface area contributed by atoms with Gasteiger partial charge in [-0.05, 0) is 32.2 Å². The van der Waals surface area contributed by atoms with Crippen LogP contribution in [-0.2, 0) is 24.3 Å². The van der Waals surface area contributed by atoms with Gasteiger partial charge in [-0.2, -0.15) is 4.31 Å². The first-order valence-corrected chi connectivity index (χ1v) is 10.5. The molecule has 0 atom stereocenters. The van der Waals surface area contributed by atoms with Gasteiger partial charge in [0.2, 0.25) is 15.9 Å². The number of sulfonamides is 1. The summed E-state index contributed by atoms with van der Waals surface area (Å²) in [6.45, 7) is 4.08. The number of benzene rings is 1. The van der Waals surface area contributed by atoms with Crippen molar-refractivity contribution in [2.24, 2.45) is 0 Å². The lowest BCUT2D eigenvalue weighted by molar-refractivity contribution is -0.144. The van der Waals surface area contributed by atoms with Crippen molar-refractivity contribution in [2.45, 2.75) is 24.7 Å². The van der Waals surface area contributed by atoms with E-state index < -0.39 is 21.9 Å². The maximum absolute atomic E-state index is 12.9. The highest BCUT2D eigenvalue weighted by molar-refractivity contribution is 7.89. The number of rotatable bonds is 8. The molecule has 0 radical (unpaired) electrons. The van der Waals surface area contributed by atoms with E-state index in [4.69, 9.17) is 9.47 Å². The largest absolute Gasteiger partial charge is 0.495 e. The predicted molar refractivity (Wildman–Crippen MR) is 104 cm³/mol. The van der Waals surface area contributed by atoms with Gasteiger partial charge in [-0.1, -0.05) is 0 Å². The van der Waals surface area contributed by atoms with Crippen LogP contribution in [0.1, 0.15) is 19.8 Å². The highest BCUT2D eigenvalue weighted by Gasteiger charge is 2.28. The lowest BCUT2D eigenvalue weighted by atomic mass is 10.2. The number of piperazine rings is 1. The van der Waals surface area contributed by atoms with E-state index in [0.29, 0.717) is 31.9 Å². The van der Waals surface area contributed by atoms with Gasteiger partial charge in [0.1, 0.15) is 5.75 Å². The number of carbonyl (C=O) groups is 2. The average molecular weight is 413 g/mol. The molecular formula is C18H27N3O6S. The van der Waals surface area contributed by atoms with Crippen LogP contribution in [0.4, 0.5) is 5.69 Å². The summed E-state index contributed by atoms with van der Waals surface area (Å²) in [4.78, 5) is 25.7. The molecule has 2 rings (SSSR count).